The Morgan fingerprint density at radius 2 is 2.00 bits per heavy atom. The maximum Gasteiger partial charge on any atom is 0.261 e. The normalized spacial score (nSPS) is 10.8. The lowest BCUT2D eigenvalue weighted by Crippen LogP contribution is -2.26. The van der Waals surface area contributed by atoms with Crippen molar-refractivity contribution < 1.29 is 14.6 Å². The van der Waals surface area contributed by atoms with E-state index in [2.05, 4.69) is 5.32 Å². The van der Waals surface area contributed by atoms with Crippen molar-refractivity contribution in [3.8, 4) is 11.8 Å². The first-order valence-corrected chi connectivity index (χ1v) is 8.00. The Morgan fingerprint density at radius 3 is 2.72 bits per heavy atom. The van der Waals surface area contributed by atoms with Gasteiger partial charge in [0.15, 0.2) is 0 Å². The highest BCUT2D eigenvalue weighted by Crippen LogP contribution is 2.17. The Labute approximate surface area is 147 Å². The van der Waals surface area contributed by atoms with Crippen LogP contribution in [0.4, 0.5) is 0 Å². The molecule has 0 bridgehead atoms. The molecule has 25 heavy (non-hydrogen) atoms. The van der Waals surface area contributed by atoms with Crippen LogP contribution < -0.4 is 10.1 Å². The number of carbonyl (C=O) groups is 1. The first-order chi connectivity index (χ1) is 12.2. The number of aliphatic hydroxyl groups is 1. The maximum absolute atomic E-state index is 11.9. The summed E-state index contributed by atoms with van der Waals surface area (Å²) in [4.78, 5) is 11.9. The van der Waals surface area contributed by atoms with E-state index in [4.69, 9.17) is 9.84 Å². The number of amides is 1. The molecule has 5 nitrogen and oxygen atoms in total. The second-order valence-electron chi connectivity index (χ2n) is 5.35. The topological polar surface area (TPSA) is 82.3 Å². The van der Waals surface area contributed by atoms with Crippen LogP contribution in [0.5, 0.6) is 5.75 Å². The van der Waals surface area contributed by atoms with Crippen LogP contribution in [0.3, 0.4) is 0 Å². The van der Waals surface area contributed by atoms with Crippen molar-refractivity contribution in [2.45, 2.75) is 13.0 Å². The fourth-order valence-corrected chi connectivity index (χ4v) is 2.13. The predicted octanol–water partition coefficient (Wildman–Crippen LogP) is 2.67. The number of ether oxygens (including phenoxy) is 1. The lowest BCUT2D eigenvalue weighted by atomic mass is 10.1. The highest BCUT2D eigenvalue weighted by molar-refractivity contribution is 6.01. The summed E-state index contributed by atoms with van der Waals surface area (Å²) in [5.74, 6) is 0.210. The number of carbonyl (C=O) groups excluding carboxylic acids is 1. The monoisotopic (exact) mass is 336 g/mol. The summed E-state index contributed by atoms with van der Waals surface area (Å²) in [6, 6.07) is 18.9. The lowest BCUT2D eigenvalue weighted by molar-refractivity contribution is -0.117. The van der Waals surface area contributed by atoms with Gasteiger partial charge in [-0.1, -0.05) is 42.5 Å². The minimum Gasteiger partial charge on any atom is -0.489 e. The number of nitriles is 1. The summed E-state index contributed by atoms with van der Waals surface area (Å²) in [5.41, 5.74) is 1.78. The van der Waals surface area contributed by atoms with E-state index in [1.807, 2.05) is 48.5 Å². The van der Waals surface area contributed by atoms with Crippen molar-refractivity contribution in [3.63, 3.8) is 0 Å². The summed E-state index contributed by atoms with van der Waals surface area (Å²) in [5, 5.41) is 20.5. The Bertz CT molecular complexity index is 764. The van der Waals surface area contributed by atoms with Crippen LogP contribution in [0.25, 0.3) is 6.08 Å². The molecule has 2 N–H and O–H groups in total. The van der Waals surface area contributed by atoms with Crippen LogP contribution in [0, 0.1) is 11.3 Å². The Morgan fingerprint density at radius 1 is 1.20 bits per heavy atom. The van der Waals surface area contributed by atoms with Gasteiger partial charge in [0, 0.05) is 13.2 Å². The molecule has 0 aromatic heterocycles. The summed E-state index contributed by atoms with van der Waals surface area (Å²) >= 11 is 0. The number of aliphatic hydroxyl groups excluding tert-OH is 1. The van der Waals surface area contributed by atoms with Crippen molar-refractivity contribution >= 4 is 12.0 Å². The Kier molecular flexibility index (Phi) is 7.23. The van der Waals surface area contributed by atoms with E-state index in [0.29, 0.717) is 30.9 Å². The predicted molar refractivity (Wildman–Crippen MR) is 95.5 cm³/mol. The summed E-state index contributed by atoms with van der Waals surface area (Å²) in [7, 11) is 0. The zero-order valence-electron chi connectivity index (χ0n) is 13.8. The van der Waals surface area contributed by atoms with Crippen LogP contribution in [0.15, 0.2) is 60.2 Å². The second-order valence-corrected chi connectivity index (χ2v) is 5.35. The van der Waals surface area contributed by atoms with Crippen LogP contribution in [-0.4, -0.2) is 24.2 Å². The molecule has 2 aromatic carbocycles. The third kappa shape index (κ3) is 6.13. The van der Waals surface area contributed by atoms with Gasteiger partial charge in [0.05, 0.1) is 0 Å². The van der Waals surface area contributed by atoms with Crippen molar-refractivity contribution in [3.05, 3.63) is 71.3 Å². The Balaban J connectivity index is 2.03. The average molecular weight is 336 g/mol. The van der Waals surface area contributed by atoms with Gasteiger partial charge in [0.25, 0.3) is 5.91 Å². The molecular formula is C20H20N2O3. The molecule has 0 fully saturated rings. The summed E-state index contributed by atoms with van der Waals surface area (Å²) in [6.07, 6.45) is 1.97. The highest BCUT2D eigenvalue weighted by atomic mass is 16.5. The van der Waals surface area contributed by atoms with E-state index in [0.717, 1.165) is 5.56 Å². The molecule has 2 aromatic rings. The molecule has 0 aliphatic rings. The van der Waals surface area contributed by atoms with Gasteiger partial charge in [-0.15, -0.1) is 0 Å². The molecule has 2 rings (SSSR count). The van der Waals surface area contributed by atoms with Gasteiger partial charge >= 0.3 is 0 Å². The molecule has 0 saturated carbocycles. The van der Waals surface area contributed by atoms with Crippen molar-refractivity contribution in [2.75, 3.05) is 13.2 Å². The quantitative estimate of drug-likeness (QED) is 0.441. The van der Waals surface area contributed by atoms with E-state index in [9.17, 15) is 10.1 Å². The van der Waals surface area contributed by atoms with Gasteiger partial charge in [-0.2, -0.15) is 5.26 Å². The third-order valence-corrected chi connectivity index (χ3v) is 3.40. The molecule has 0 radical (unpaired) electrons. The minimum atomic E-state index is -0.452. The zero-order valence-corrected chi connectivity index (χ0v) is 13.8. The smallest absolute Gasteiger partial charge is 0.261 e. The largest absolute Gasteiger partial charge is 0.489 e. The van der Waals surface area contributed by atoms with Crippen molar-refractivity contribution in [1.29, 1.82) is 5.26 Å². The van der Waals surface area contributed by atoms with Gasteiger partial charge in [-0.25, -0.2) is 0 Å². The molecule has 5 heteroatoms. The van der Waals surface area contributed by atoms with Crippen molar-refractivity contribution in [2.24, 2.45) is 0 Å². The second kappa shape index (κ2) is 9.91. The summed E-state index contributed by atoms with van der Waals surface area (Å²) in [6.45, 7) is 0.766. The molecular weight excluding hydrogens is 316 g/mol. The fourth-order valence-electron chi connectivity index (χ4n) is 2.13. The standard InChI is InChI=1S/C20H20N2O3/c21-14-18(20(24)22-10-5-11-23)12-17-8-4-9-19(13-17)25-15-16-6-2-1-3-7-16/h1-4,6-9,12-13,23H,5,10-11,15H2,(H,22,24)/b18-12-. The van der Waals surface area contributed by atoms with E-state index < -0.39 is 5.91 Å². The number of rotatable bonds is 8. The molecule has 1 amide bonds. The number of nitrogens with zero attached hydrogens (tertiary/aromatic N) is 1. The van der Waals surface area contributed by atoms with Gasteiger partial charge in [0.2, 0.25) is 0 Å². The van der Waals surface area contributed by atoms with Gasteiger partial charge in [-0.3, -0.25) is 4.79 Å². The maximum atomic E-state index is 11.9. The molecule has 0 aliphatic heterocycles. The zero-order chi connectivity index (χ0) is 17.9. The van der Waals surface area contributed by atoms with Crippen LogP contribution in [-0.2, 0) is 11.4 Å². The molecule has 0 unspecified atom stereocenters. The molecule has 128 valence electrons. The minimum absolute atomic E-state index is 0.00726. The molecule has 0 spiro atoms. The number of hydrogen-bond acceptors (Lipinski definition) is 4. The van der Waals surface area contributed by atoms with E-state index in [1.54, 1.807) is 12.1 Å². The van der Waals surface area contributed by atoms with E-state index >= 15 is 0 Å². The lowest BCUT2D eigenvalue weighted by Gasteiger charge is -2.07. The SMILES string of the molecule is N#C/C(=C/c1cccc(OCc2ccccc2)c1)C(=O)NCCCO. The highest BCUT2D eigenvalue weighted by Gasteiger charge is 2.08. The third-order valence-electron chi connectivity index (χ3n) is 3.40. The van der Waals surface area contributed by atoms with Crippen molar-refractivity contribution in [1.82, 2.24) is 5.32 Å². The number of hydrogen-bond donors (Lipinski definition) is 2. The van der Waals surface area contributed by atoms with E-state index in [-0.39, 0.29) is 12.2 Å². The number of benzene rings is 2. The fraction of sp³-hybridized carbons (Fsp3) is 0.200. The summed E-state index contributed by atoms with van der Waals surface area (Å²) < 4.78 is 5.75. The van der Waals surface area contributed by atoms with Gasteiger partial charge in [0.1, 0.15) is 24.0 Å². The first kappa shape index (κ1) is 18.2. The first-order valence-electron chi connectivity index (χ1n) is 8.00. The van der Waals surface area contributed by atoms with Gasteiger partial charge < -0.3 is 15.2 Å². The molecule has 0 saturated heterocycles. The Hall–Kier alpha value is -3.10. The average Bonchev–Trinajstić information content (AvgIpc) is 2.65. The van der Waals surface area contributed by atoms with Gasteiger partial charge in [-0.05, 0) is 35.8 Å². The molecule has 0 heterocycles. The molecule has 0 atom stereocenters. The molecule has 0 aliphatic carbocycles. The van der Waals surface area contributed by atoms with Crippen LogP contribution >= 0.6 is 0 Å². The van der Waals surface area contributed by atoms with Crippen LogP contribution in [0.1, 0.15) is 17.5 Å². The number of nitrogens with one attached hydrogen (secondary N) is 1. The van der Waals surface area contributed by atoms with E-state index in [1.165, 1.54) is 6.08 Å². The van der Waals surface area contributed by atoms with Crippen LogP contribution in [0.2, 0.25) is 0 Å².